The van der Waals surface area contributed by atoms with Gasteiger partial charge in [0.05, 0.1) is 10.6 Å². The molecule has 0 aliphatic rings. The zero-order valence-electron chi connectivity index (χ0n) is 9.51. The molecule has 0 aliphatic heterocycles. The topological polar surface area (TPSA) is 60.2 Å². The van der Waals surface area contributed by atoms with Gasteiger partial charge in [-0.1, -0.05) is 24.3 Å². The summed E-state index contributed by atoms with van der Waals surface area (Å²) in [5.41, 5.74) is 6.95. The molecule has 0 saturated heterocycles. The van der Waals surface area contributed by atoms with E-state index in [0.29, 0.717) is 16.1 Å². The maximum absolute atomic E-state index is 12.1. The monoisotopic (exact) mass is 325 g/mol. The Morgan fingerprint density at radius 3 is 2.33 bits per heavy atom. The van der Waals surface area contributed by atoms with Crippen molar-refractivity contribution < 1.29 is 8.42 Å². The first-order valence-electron chi connectivity index (χ1n) is 5.31. The van der Waals surface area contributed by atoms with E-state index in [-0.39, 0.29) is 5.75 Å². The Hall–Kier alpha value is -1.33. The van der Waals surface area contributed by atoms with Crippen molar-refractivity contribution in [1.29, 1.82) is 0 Å². The largest absolute Gasteiger partial charge is 0.398 e. The zero-order valence-corrected chi connectivity index (χ0v) is 11.9. The molecule has 3 nitrogen and oxygen atoms in total. The Morgan fingerprint density at radius 1 is 1.06 bits per heavy atom. The quantitative estimate of drug-likeness (QED) is 0.882. The molecule has 94 valence electrons. The highest BCUT2D eigenvalue weighted by molar-refractivity contribution is 9.10. The molecule has 0 bridgehead atoms. The number of nitrogen functional groups attached to an aromatic ring is 1. The van der Waals surface area contributed by atoms with Crippen molar-refractivity contribution in [3.63, 3.8) is 0 Å². The average molecular weight is 326 g/mol. The van der Waals surface area contributed by atoms with Gasteiger partial charge in [-0.3, -0.25) is 0 Å². The van der Waals surface area contributed by atoms with Gasteiger partial charge in [0.15, 0.2) is 9.84 Å². The van der Waals surface area contributed by atoms with Crippen LogP contribution in [0.4, 0.5) is 5.69 Å². The van der Waals surface area contributed by atoms with Gasteiger partial charge in [-0.2, -0.15) is 0 Å². The minimum atomic E-state index is -3.31. The van der Waals surface area contributed by atoms with Crippen LogP contribution < -0.4 is 5.73 Å². The summed E-state index contributed by atoms with van der Waals surface area (Å²) in [7, 11) is -3.31. The van der Waals surface area contributed by atoms with Gasteiger partial charge in [0.25, 0.3) is 0 Å². The van der Waals surface area contributed by atoms with Crippen LogP contribution in [0.25, 0.3) is 0 Å². The SMILES string of the molecule is Nc1cc(CS(=O)(=O)c2ccccc2)ccc1Br. The van der Waals surface area contributed by atoms with Crippen LogP contribution in [0.1, 0.15) is 5.56 Å². The number of halogens is 1. The Morgan fingerprint density at radius 2 is 1.72 bits per heavy atom. The van der Waals surface area contributed by atoms with E-state index in [1.807, 2.05) is 0 Å². The Balaban J connectivity index is 2.31. The Labute approximate surface area is 115 Å². The van der Waals surface area contributed by atoms with Crippen molar-refractivity contribution >= 4 is 31.5 Å². The van der Waals surface area contributed by atoms with E-state index in [4.69, 9.17) is 5.73 Å². The lowest BCUT2D eigenvalue weighted by Gasteiger charge is -2.06. The second-order valence-corrected chi connectivity index (χ2v) is 6.77. The van der Waals surface area contributed by atoms with Gasteiger partial charge < -0.3 is 5.73 Å². The van der Waals surface area contributed by atoms with Crippen molar-refractivity contribution in [3.05, 3.63) is 58.6 Å². The van der Waals surface area contributed by atoms with Crippen LogP contribution in [0.2, 0.25) is 0 Å². The van der Waals surface area contributed by atoms with Gasteiger partial charge in [-0.05, 0) is 45.8 Å². The lowest BCUT2D eigenvalue weighted by Crippen LogP contribution is -2.05. The van der Waals surface area contributed by atoms with Gasteiger partial charge in [0.1, 0.15) is 0 Å². The molecule has 0 radical (unpaired) electrons. The molecular weight excluding hydrogens is 314 g/mol. The summed E-state index contributed by atoms with van der Waals surface area (Å²) in [5, 5.41) is 0. The minimum Gasteiger partial charge on any atom is -0.398 e. The number of benzene rings is 2. The number of hydrogen-bond acceptors (Lipinski definition) is 3. The minimum absolute atomic E-state index is 0.0471. The fraction of sp³-hybridized carbons (Fsp3) is 0.0769. The fourth-order valence-electron chi connectivity index (χ4n) is 1.61. The van der Waals surface area contributed by atoms with Crippen molar-refractivity contribution in [2.24, 2.45) is 0 Å². The van der Waals surface area contributed by atoms with Crippen molar-refractivity contribution in [2.45, 2.75) is 10.6 Å². The third kappa shape index (κ3) is 2.91. The maximum atomic E-state index is 12.1. The van der Waals surface area contributed by atoms with Crippen LogP contribution in [-0.2, 0) is 15.6 Å². The van der Waals surface area contributed by atoms with E-state index in [2.05, 4.69) is 15.9 Å². The first-order chi connectivity index (χ1) is 8.49. The summed E-state index contributed by atoms with van der Waals surface area (Å²) in [4.78, 5) is 0.325. The molecule has 5 heteroatoms. The van der Waals surface area contributed by atoms with E-state index in [0.717, 1.165) is 4.47 Å². The normalized spacial score (nSPS) is 11.4. The van der Waals surface area contributed by atoms with Crippen LogP contribution in [0.15, 0.2) is 57.9 Å². The second-order valence-electron chi connectivity index (χ2n) is 3.93. The number of rotatable bonds is 3. The lowest BCUT2D eigenvalue weighted by atomic mass is 10.2. The van der Waals surface area contributed by atoms with Crippen molar-refractivity contribution in [2.75, 3.05) is 5.73 Å². The molecule has 0 saturated carbocycles. The molecule has 0 aliphatic carbocycles. The second kappa shape index (κ2) is 5.12. The van der Waals surface area contributed by atoms with E-state index in [1.165, 1.54) is 0 Å². The molecule has 0 spiro atoms. The summed E-state index contributed by atoms with van der Waals surface area (Å²) in [6.07, 6.45) is 0. The Kier molecular flexibility index (Phi) is 3.73. The molecule has 2 aromatic carbocycles. The molecule has 2 aromatic rings. The van der Waals surface area contributed by atoms with Crippen LogP contribution >= 0.6 is 15.9 Å². The van der Waals surface area contributed by atoms with E-state index >= 15 is 0 Å². The van der Waals surface area contributed by atoms with Crippen LogP contribution in [0, 0.1) is 0 Å². The first kappa shape index (κ1) is 13.1. The summed E-state index contributed by atoms with van der Waals surface area (Å²) in [6.45, 7) is 0. The molecular formula is C13H12BrNO2S. The highest BCUT2D eigenvalue weighted by Crippen LogP contribution is 2.23. The number of nitrogens with two attached hydrogens (primary N) is 1. The molecule has 2 N–H and O–H groups in total. The molecule has 18 heavy (non-hydrogen) atoms. The molecule has 0 amide bonds. The standard InChI is InChI=1S/C13H12BrNO2S/c14-12-7-6-10(8-13(12)15)9-18(16,17)11-4-2-1-3-5-11/h1-8H,9,15H2. The van der Waals surface area contributed by atoms with E-state index in [1.54, 1.807) is 48.5 Å². The third-order valence-electron chi connectivity index (χ3n) is 2.52. The predicted octanol–water partition coefficient (Wildman–Crippen LogP) is 3.01. The van der Waals surface area contributed by atoms with Gasteiger partial charge in [-0.25, -0.2) is 8.42 Å². The number of anilines is 1. The van der Waals surface area contributed by atoms with Crippen LogP contribution in [0.5, 0.6) is 0 Å². The van der Waals surface area contributed by atoms with Gasteiger partial charge in [0, 0.05) is 10.2 Å². The third-order valence-corrected chi connectivity index (χ3v) is 4.95. The van der Waals surface area contributed by atoms with Crippen LogP contribution in [-0.4, -0.2) is 8.42 Å². The van der Waals surface area contributed by atoms with E-state index < -0.39 is 9.84 Å². The fourth-order valence-corrected chi connectivity index (χ4v) is 3.22. The molecule has 0 aromatic heterocycles. The van der Waals surface area contributed by atoms with Crippen LogP contribution in [0.3, 0.4) is 0 Å². The molecule has 0 fully saturated rings. The highest BCUT2D eigenvalue weighted by Gasteiger charge is 2.15. The maximum Gasteiger partial charge on any atom is 0.182 e. The first-order valence-corrected chi connectivity index (χ1v) is 7.75. The molecule has 0 heterocycles. The van der Waals surface area contributed by atoms with E-state index in [9.17, 15) is 8.42 Å². The summed E-state index contributed by atoms with van der Waals surface area (Å²) < 4.78 is 25.1. The lowest BCUT2D eigenvalue weighted by molar-refractivity contribution is 0.595. The molecule has 0 atom stereocenters. The van der Waals surface area contributed by atoms with Gasteiger partial charge in [-0.15, -0.1) is 0 Å². The molecule has 2 rings (SSSR count). The summed E-state index contributed by atoms with van der Waals surface area (Å²) in [5.74, 6) is -0.0471. The zero-order chi connectivity index (χ0) is 13.2. The predicted molar refractivity (Wildman–Crippen MR) is 75.9 cm³/mol. The van der Waals surface area contributed by atoms with Gasteiger partial charge in [0.2, 0.25) is 0 Å². The average Bonchev–Trinajstić information content (AvgIpc) is 2.35. The van der Waals surface area contributed by atoms with Crippen molar-refractivity contribution in [3.8, 4) is 0 Å². The Bertz CT molecular complexity index is 654. The summed E-state index contributed by atoms with van der Waals surface area (Å²) >= 11 is 3.28. The summed E-state index contributed by atoms with van der Waals surface area (Å²) in [6, 6.07) is 13.6. The number of hydrogen-bond donors (Lipinski definition) is 1. The van der Waals surface area contributed by atoms with Gasteiger partial charge >= 0.3 is 0 Å². The smallest absolute Gasteiger partial charge is 0.182 e. The number of sulfone groups is 1. The molecule has 0 unspecified atom stereocenters. The van der Waals surface area contributed by atoms with Crippen molar-refractivity contribution in [1.82, 2.24) is 0 Å². The highest BCUT2D eigenvalue weighted by atomic mass is 79.9.